The summed E-state index contributed by atoms with van der Waals surface area (Å²) in [4.78, 5) is 14.7. The van der Waals surface area contributed by atoms with Gasteiger partial charge >= 0.3 is 0 Å². The van der Waals surface area contributed by atoms with E-state index >= 15 is 0 Å². The van der Waals surface area contributed by atoms with Gasteiger partial charge in [0.2, 0.25) is 5.91 Å². The Bertz CT molecular complexity index is 971. The van der Waals surface area contributed by atoms with Gasteiger partial charge in [-0.1, -0.05) is 49.7 Å². The normalized spacial score (nSPS) is 15.9. The van der Waals surface area contributed by atoms with Crippen molar-refractivity contribution in [3.63, 3.8) is 0 Å². The van der Waals surface area contributed by atoms with Crippen molar-refractivity contribution in [2.24, 2.45) is 5.92 Å². The number of H-pyrrole nitrogens is 1. The summed E-state index contributed by atoms with van der Waals surface area (Å²) < 4.78 is 0. The average molecular weight is 418 g/mol. The number of benzene rings is 2. The van der Waals surface area contributed by atoms with Crippen molar-refractivity contribution in [3.05, 3.63) is 65.9 Å². The van der Waals surface area contributed by atoms with Crippen molar-refractivity contribution in [1.82, 2.24) is 20.3 Å². The lowest BCUT2D eigenvalue weighted by Gasteiger charge is -2.18. The van der Waals surface area contributed by atoms with E-state index in [-0.39, 0.29) is 5.91 Å². The highest BCUT2D eigenvalue weighted by atomic mass is 16.2. The summed E-state index contributed by atoms with van der Waals surface area (Å²) in [5.41, 5.74) is 5.55. The number of amides is 1. The molecule has 0 saturated carbocycles. The minimum absolute atomic E-state index is 0.231. The van der Waals surface area contributed by atoms with Gasteiger partial charge in [-0.05, 0) is 48.4 Å². The van der Waals surface area contributed by atoms with Crippen molar-refractivity contribution in [2.45, 2.75) is 39.0 Å². The number of hydrogen-bond donors (Lipinski definition) is 2. The molecule has 1 fully saturated rings. The second-order valence-corrected chi connectivity index (χ2v) is 8.37. The summed E-state index contributed by atoms with van der Waals surface area (Å²) in [6.45, 7) is 4.79. The molecule has 1 unspecified atom stereocenters. The number of nitrogens with zero attached hydrogens (tertiary/aromatic N) is 3. The number of likely N-dealkylation sites (tertiary alicyclic amines) is 1. The second kappa shape index (κ2) is 10.2. The fourth-order valence-electron chi connectivity index (χ4n) is 4.20. The quantitative estimate of drug-likeness (QED) is 0.544. The van der Waals surface area contributed by atoms with Crippen molar-refractivity contribution in [1.29, 1.82) is 0 Å². The van der Waals surface area contributed by atoms with Crippen molar-refractivity contribution in [2.75, 3.05) is 25.0 Å². The minimum Gasteiger partial charge on any atom is -0.384 e. The van der Waals surface area contributed by atoms with E-state index in [1.54, 1.807) is 6.20 Å². The molecule has 31 heavy (non-hydrogen) atoms. The van der Waals surface area contributed by atoms with Gasteiger partial charge in [-0.3, -0.25) is 4.79 Å². The number of carbonyl (C=O) groups excluding carboxylic acids is 1. The molecule has 4 rings (SSSR count). The SMILES string of the molecule is CCCCc1cc(-c2cn[nH]n2)ccc1NCC1CCN(C(=O)Cc2ccccc2)C1. The number of anilines is 1. The van der Waals surface area contributed by atoms with Crippen LogP contribution in [-0.2, 0) is 17.6 Å². The first kappa shape index (κ1) is 21.1. The molecule has 3 aromatic rings. The molecule has 0 radical (unpaired) electrons. The van der Waals surface area contributed by atoms with E-state index in [4.69, 9.17) is 0 Å². The van der Waals surface area contributed by atoms with E-state index in [1.807, 2.05) is 35.2 Å². The molecule has 2 aromatic carbocycles. The summed E-state index contributed by atoms with van der Waals surface area (Å²) in [5.74, 6) is 0.711. The van der Waals surface area contributed by atoms with Gasteiger partial charge in [0.15, 0.2) is 0 Å². The van der Waals surface area contributed by atoms with Crippen LogP contribution in [0.2, 0.25) is 0 Å². The van der Waals surface area contributed by atoms with Crippen molar-refractivity contribution >= 4 is 11.6 Å². The van der Waals surface area contributed by atoms with Crippen LogP contribution in [0, 0.1) is 5.92 Å². The number of rotatable bonds is 9. The van der Waals surface area contributed by atoms with E-state index in [9.17, 15) is 4.79 Å². The molecule has 1 aromatic heterocycles. The van der Waals surface area contributed by atoms with E-state index in [1.165, 1.54) is 11.3 Å². The van der Waals surface area contributed by atoms with Crippen LogP contribution in [0.25, 0.3) is 11.3 Å². The smallest absolute Gasteiger partial charge is 0.226 e. The van der Waals surface area contributed by atoms with Gasteiger partial charge in [0.1, 0.15) is 5.69 Å². The van der Waals surface area contributed by atoms with Crippen LogP contribution in [0.15, 0.2) is 54.7 Å². The molecule has 1 aliphatic heterocycles. The number of carbonyl (C=O) groups is 1. The first-order valence-corrected chi connectivity index (χ1v) is 11.3. The third kappa shape index (κ3) is 5.51. The summed E-state index contributed by atoms with van der Waals surface area (Å²) in [5, 5.41) is 14.5. The molecule has 6 heteroatoms. The Morgan fingerprint density at radius 1 is 1.23 bits per heavy atom. The topological polar surface area (TPSA) is 73.9 Å². The fourth-order valence-corrected chi connectivity index (χ4v) is 4.20. The van der Waals surface area contributed by atoms with Crippen LogP contribution in [0.1, 0.15) is 37.3 Å². The van der Waals surface area contributed by atoms with Crippen LogP contribution in [0.4, 0.5) is 5.69 Å². The zero-order chi connectivity index (χ0) is 21.5. The second-order valence-electron chi connectivity index (χ2n) is 8.37. The standard InChI is InChI=1S/C25H31N5O/c1-2-3-9-21-15-22(24-17-27-29-28-24)10-11-23(21)26-16-20-12-13-30(18-20)25(31)14-19-7-5-4-6-8-19/h4-8,10-11,15,17,20,26H,2-3,9,12-14,16,18H2,1H3,(H,27,28,29). The molecule has 0 aliphatic carbocycles. The first-order valence-electron chi connectivity index (χ1n) is 11.3. The third-order valence-electron chi connectivity index (χ3n) is 6.03. The lowest BCUT2D eigenvalue weighted by Crippen LogP contribution is -2.31. The van der Waals surface area contributed by atoms with Crippen LogP contribution < -0.4 is 5.32 Å². The third-order valence-corrected chi connectivity index (χ3v) is 6.03. The number of unbranched alkanes of at least 4 members (excludes halogenated alkanes) is 1. The van der Waals surface area contributed by atoms with Crippen molar-refractivity contribution < 1.29 is 4.79 Å². The maximum absolute atomic E-state index is 12.6. The Hall–Kier alpha value is -3.15. The molecule has 1 atom stereocenters. The summed E-state index contributed by atoms with van der Waals surface area (Å²) in [6, 6.07) is 16.5. The van der Waals surface area contributed by atoms with Crippen LogP contribution >= 0.6 is 0 Å². The Morgan fingerprint density at radius 3 is 2.87 bits per heavy atom. The average Bonchev–Trinajstić information content (AvgIpc) is 3.50. The minimum atomic E-state index is 0.231. The lowest BCUT2D eigenvalue weighted by molar-refractivity contribution is -0.129. The number of aromatic nitrogens is 3. The molecule has 1 saturated heterocycles. The molecule has 2 heterocycles. The predicted octanol–water partition coefficient (Wildman–Crippen LogP) is 4.32. The highest BCUT2D eigenvalue weighted by Crippen LogP contribution is 2.26. The molecule has 0 spiro atoms. The Labute approximate surface area is 184 Å². The Kier molecular flexibility index (Phi) is 6.97. The summed E-state index contributed by atoms with van der Waals surface area (Å²) >= 11 is 0. The first-order chi connectivity index (χ1) is 15.2. The van der Waals surface area contributed by atoms with E-state index in [0.29, 0.717) is 12.3 Å². The molecule has 1 aliphatic rings. The Balaban J connectivity index is 1.34. The monoisotopic (exact) mass is 417 g/mol. The maximum Gasteiger partial charge on any atom is 0.226 e. The summed E-state index contributed by atoms with van der Waals surface area (Å²) in [6.07, 6.45) is 6.65. The fraction of sp³-hybridized carbons (Fsp3) is 0.400. The molecule has 0 bridgehead atoms. The number of nitrogens with one attached hydrogen (secondary N) is 2. The maximum atomic E-state index is 12.6. The van der Waals surface area contributed by atoms with Gasteiger partial charge in [0.25, 0.3) is 0 Å². The van der Waals surface area contributed by atoms with Crippen LogP contribution in [0.5, 0.6) is 0 Å². The van der Waals surface area contributed by atoms with Crippen molar-refractivity contribution in [3.8, 4) is 11.3 Å². The highest BCUT2D eigenvalue weighted by molar-refractivity contribution is 5.79. The van der Waals surface area contributed by atoms with Gasteiger partial charge in [0, 0.05) is 30.9 Å². The van der Waals surface area contributed by atoms with Gasteiger partial charge in [-0.15, -0.1) is 0 Å². The van der Waals surface area contributed by atoms with Gasteiger partial charge in [-0.2, -0.15) is 15.4 Å². The van der Waals surface area contributed by atoms with E-state index in [0.717, 1.165) is 62.1 Å². The predicted molar refractivity (Wildman–Crippen MR) is 124 cm³/mol. The number of hydrogen-bond acceptors (Lipinski definition) is 4. The molecule has 2 N–H and O–H groups in total. The zero-order valence-corrected chi connectivity index (χ0v) is 18.2. The molecule has 6 nitrogen and oxygen atoms in total. The van der Waals surface area contributed by atoms with Crippen LogP contribution in [-0.4, -0.2) is 45.9 Å². The molecule has 162 valence electrons. The highest BCUT2D eigenvalue weighted by Gasteiger charge is 2.26. The van der Waals surface area contributed by atoms with Gasteiger partial charge < -0.3 is 10.2 Å². The number of aryl methyl sites for hydroxylation is 1. The largest absolute Gasteiger partial charge is 0.384 e. The van der Waals surface area contributed by atoms with E-state index in [2.05, 4.69) is 45.9 Å². The molecule has 1 amide bonds. The molecular weight excluding hydrogens is 386 g/mol. The van der Waals surface area contributed by atoms with E-state index < -0.39 is 0 Å². The lowest BCUT2D eigenvalue weighted by atomic mass is 10.0. The van der Waals surface area contributed by atoms with Gasteiger partial charge in [0.05, 0.1) is 12.6 Å². The summed E-state index contributed by atoms with van der Waals surface area (Å²) in [7, 11) is 0. The molecular formula is C25H31N5O. The number of aromatic amines is 1. The zero-order valence-electron chi connectivity index (χ0n) is 18.2. The Morgan fingerprint density at radius 2 is 2.10 bits per heavy atom. The van der Waals surface area contributed by atoms with Crippen LogP contribution in [0.3, 0.4) is 0 Å². The van der Waals surface area contributed by atoms with Gasteiger partial charge in [-0.25, -0.2) is 0 Å².